The van der Waals surface area contributed by atoms with Crippen LogP contribution >= 0.6 is 0 Å². The summed E-state index contributed by atoms with van der Waals surface area (Å²) in [4.78, 5) is 14.6. The van der Waals surface area contributed by atoms with Gasteiger partial charge in [-0.1, -0.05) is 48.0 Å². The van der Waals surface area contributed by atoms with Crippen LogP contribution in [0.15, 0.2) is 61.2 Å². The lowest BCUT2D eigenvalue weighted by Gasteiger charge is -2.28. The van der Waals surface area contributed by atoms with E-state index in [1.807, 2.05) is 42.2 Å². The number of carbonyl (C=O) groups is 1. The lowest BCUT2D eigenvalue weighted by atomic mass is 10.1. The van der Waals surface area contributed by atoms with Gasteiger partial charge < -0.3 is 9.64 Å². The molecule has 0 aliphatic heterocycles. The van der Waals surface area contributed by atoms with Gasteiger partial charge in [0.25, 0.3) is 5.91 Å². The molecule has 1 aliphatic rings. The van der Waals surface area contributed by atoms with Crippen LogP contribution in [0.2, 0.25) is 0 Å². The highest BCUT2D eigenvalue weighted by atomic mass is 16.5. The van der Waals surface area contributed by atoms with Crippen LogP contribution in [0.25, 0.3) is 0 Å². The summed E-state index contributed by atoms with van der Waals surface area (Å²) in [5, 5.41) is 0. The zero-order valence-corrected chi connectivity index (χ0v) is 14.1. The van der Waals surface area contributed by atoms with E-state index in [4.69, 9.17) is 4.74 Å². The van der Waals surface area contributed by atoms with Gasteiger partial charge in [0.05, 0.1) is 6.04 Å². The summed E-state index contributed by atoms with van der Waals surface area (Å²) < 4.78 is 5.67. The summed E-state index contributed by atoms with van der Waals surface area (Å²) in [6.45, 7) is 6.42. The van der Waals surface area contributed by atoms with Crippen molar-refractivity contribution in [2.24, 2.45) is 0 Å². The van der Waals surface area contributed by atoms with Crippen molar-refractivity contribution in [1.82, 2.24) is 4.90 Å². The molecule has 0 saturated heterocycles. The average Bonchev–Trinajstić information content (AvgIpc) is 3.03. The van der Waals surface area contributed by atoms with Gasteiger partial charge in [-0.2, -0.15) is 0 Å². The molecule has 0 saturated carbocycles. The molecule has 0 aromatic heterocycles. The Labute approximate surface area is 143 Å². The van der Waals surface area contributed by atoms with Gasteiger partial charge >= 0.3 is 0 Å². The van der Waals surface area contributed by atoms with E-state index in [1.165, 1.54) is 16.7 Å². The molecule has 0 heterocycles. The van der Waals surface area contributed by atoms with Crippen molar-refractivity contribution in [1.29, 1.82) is 0 Å². The SMILES string of the molecule is C=CCN(C(=O)COc1ccc(C)cc1)[C@H]1CCc2ccccc21. The van der Waals surface area contributed by atoms with E-state index in [-0.39, 0.29) is 18.6 Å². The molecule has 0 spiro atoms. The number of hydrogen-bond donors (Lipinski definition) is 0. The number of benzene rings is 2. The van der Waals surface area contributed by atoms with E-state index in [0.29, 0.717) is 6.54 Å². The quantitative estimate of drug-likeness (QED) is 0.750. The predicted octanol–water partition coefficient (Wildman–Crippen LogP) is 4.08. The highest BCUT2D eigenvalue weighted by Crippen LogP contribution is 2.35. The maximum Gasteiger partial charge on any atom is 0.261 e. The molecule has 24 heavy (non-hydrogen) atoms. The first-order chi connectivity index (χ1) is 11.7. The van der Waals surface area contributed by atoms with Crippen molar-refractivity contribution >= 4 is 5.91 Å². The molecule has 3 rings (SSSR count). The average molecular weight is 321 g/mol. The van der Waals surface area contributed by atoms with E-state index in [2.05, 4.69) is 24.8 Å². The Hall–Kier alpha value is -2.55. The van der Waals surface area contributed by atoms with Crippen molar-refractivity contribution in [3.8, 4) is 5.75 Å². The number of fused-ring (bicyclic) bond motifs is 1. The number of amides is 1. The highest BCUT2D eigenvalue weighted by molar-refractivity contribution is 5.78. The summed E-state index contributed by atoms with van der Waals surface area (Å²) in [7, 11) is 0. The second kappa shape index (κ2) is 7.35. The van der Waals surface area contributed by atoms with Crippen LogP contribution < -0.4 is 4.74 Å². The van der Waals surface area contributed by atoms with Gasteiger partial charge in [0.1, 0.15) is 5.75 Å². The molecule has 0 bridgehead atoms. The van der Waals surface area contributed by atoms with Gasteiger partial charge in [-0.15, -0.1) is 6.58 Å². The van der Waals surface area contributed by atoms with Crippen molar-refractivity contribution in [3.63, 3.8) is 0 Å². The number of rotatable bonds is 6. The maximum absolute atomic E-state index is 12.7. The van der Waals surface area contributed by atoms with Gasteiger partial charge in [0, 0.05) is 6.54 Å². The topological polar surface area (TPSA) is 29.5 Å². The van der Waals surface area contributed by atoms with Gasteiger partial charge in [-0.3, -0.25) is 4.79 Å². The van der Waals surface area contributed by atoms with Crippen molar-refractivity contribution in [2.45, 2.75) is 25.8 Å². The van der Waals surface area contributed by atoms with Gasteiger partial charge in [0.15, 0.2) is 6.61 Å². The summed E-state index contributed by atoms with van der Waals surface area (Å²) in [5.74, 6) is 0.719. The minimum Gasteiger partial charge on any atom is -0.484 e. The Morgan fingerprint density at radius 2 is 2.00 bits per heavy atom. The largest absolute Gasteiger partial charge is 0.484 e. The summed E-state index contributed by atoms with van der Waals surface area (Å²) >= 11 is 0. The minimum absolute atomic E-state index is 0.00261. The fraction of sp³-hybridized carbons (Fsp3) is 0.286. The molecule has 1 amide bonds. The minimum atomic E-state index is -0.00261. The number of aryl methyl sites for hydroxylation is 2. The normalized spacial score (nSPS) is 15.6. The van der Waals surface area contributed by atoms with Gasteiger partial charge in [-0.05, 0) is 43.0 Å². The van der Waals surface area contributed by atoms with E-state index in [0.717, 1.165) is 18.6 Å². The second-order valence-electron chi connectivity index (χ2n) is 6.19. The van der Waals surface area contributed by atoms with Gasteiger partial charge in [0.2, 0.25) is 0 Å². The van der Waals surface area contributed by atoms with Crippen LogP contribution in [-0.4, -0.2) is 24.0 Å². The zero-order chi connectivity index (χ0) is 16.9. The Morgan fingerprint density at radius 1 is 1.25 bits per heavy atom. The summed E-state index contributed by atoms with van der Waals surface area (Å²) in [5.41, 5.74) is 3.76. The molecule has 3 heteroatoms. The van der Waals surface area contributed by atoms with Crippen LogP contribution in [-0.2, 0) is 11.2 Å². The predicted molar refractivity (Wildman–Crippen MR) is 96.1 cm³/mol. The summed E-state index contributed by atoms with van der Waals surface area (Å²) in [6.07, 6.45) is 3.76. The third-order valence-electron chi connectivity index (χ3n) is 4.51. The molecule has 0 fully saturated rings. The molecular weight excluding hydrogens is 298 g/mol. The third kappa shape index (κ3) is 3.51. The monoisotopic (exact) mass is 321 g/mol. The van der Waals surface area contributed by atoms with Crippen molar-refractivity contribution < 1.29 is 9.53 Å². The van der Waals surface area contributed by atoms with E-state index in [1.54, 1.807) is 6.08 Å². The van der Waals surface area contributed by atoms with Gasteiger partial charge in [-0.25, -0.2) is 0 Å². The Morgan fingerprint density at radius 3 is 2.75 bits per heavy atom. The number of ether oxygens (including phenoxy) is 1. The Balaban J connectivity index is 1.70. The molecule has 2 aromatic rings. The van der Waals surface area contributed by atoms with Crippen LogP contribution in [0.4, 0.5) is 0 Å². The molecule has 2 aromatic carbocycles. The molecule has 0 radical (unpaired) electrons. The molecule has 1 atom stereocenters. The number of hydrogen-bond acceptors (Lipinski definition) is 2. The molecular formula is C21H23NO2. The lowest BCUT2D eigenvalue weighted by Crippen LogP contribution is -2.37. The standard InChI is InChI=1S/C21H23NO2/c1-3-14-22(20-13-10-17-6-4-5-7-19(17)20)21(23)15-24-18-11-8-16(2)9-12-18/h3-9,11-12,20H,1,10,13-15H2,2H3/t20-/m0/s1. The lowest BCUT2D eigenvalue weighted by molar-refractivity contribution is -0.135. The molecule has 1 aliphatic carbocycles. The Kier molecular flexibility index (Phi) is 4.99. The smallest absolute Gasteiger partial charge is 0.261 e. The first-order valence-electron chi connectivity index (χ1n) is 8.36. The molecule has 124 valence electrons. The van der Waals surface area contributed by atoms with E-state index < -0.39 is 0 Å². The molecule has 0 N–H and O–H groups in total. The van der Waals surface area contributed by atoms with Crippen LogP contribution in [0, 0.1) is 6.92 Å². The third-order valence-corrected chi connectivity index (χ3v) is 4.51. The Bertz CT molecular complexity index is 721. The maximum atomic E-state index is 12.7. The fourth-order valence-corrected chi connectivity index (χ4v) is 3.26. The van der Waals surface area contributed by atoms with Crippen molar-refractivity contribution in [2.75, 3.05) is 13.2 Å². The highest BCUT2D eigenvalue weighted by Gasteiger charge is 2.30. The number of nitrogens with zero attached hydrogens (tertiary/aromatic N) is 1. The fourth-order valence-electron chi connectivity index (χ4n) is 3.26. The van der Waals surface area contributed by atoms with Crippen LogP contribution in [0.3, 0.4) is 0 Å². The molecule has 3 nitrogen and oxygen atoms in total. The van der Waals surface area contributed by atoms with Crippen LogP contribution in [0.1, 0.15) is 29.2 Å². The second-order valence-corrected chi connectivity index (χ2v) is 6.19. The van der Waals surface area contributed by atoms with Crippen LogP contribution in [0.5, 0.6) is 5.75 Å². The van der Waals surface area contributed by atoms with E-state index in [9.17, 15) is 4.79 Å². The first kappa shape index (κ1) is 16.3. The van der Waals surface area contributed by atoms with Crippen molar-refractivity contribution in [3.05, 3.63) is 77.9 Å². The first-order valence-corrected chi connectivity index (χ1v) is 8.36. The van der Waals surface area contributed by atoms with E-state index >= 15 is 0 Å². The number of carbonyl (C=O) groups excluding carboxylic acids is 1. The molecule has 0 unspecified atom stereocenters. The zero-order valence-electron chi connectivity index (χ0n) is 14.1. The summed E-state index contributed by atoms with van der Waals surface area (Å²) in [6, 6.07) is 16.2.